The van der Waals surface area contributed by atoms with Crippen molar-refractivity contribution < 1.29 is 4.43 Å². The molecule has 1 saturated heterocycles. The molecule has 1 fully saturated rings. The quantitative estimate of drug-likeness (QED) is 0.635. The fourth-order valence-corrected chi connectivity index (χ4v) is 34.3. The van der Waals surface area contributed by atoms with Crippen LogP contribution in [0.25, 0.3) is 0 Å². The molecule has 1 unspecified atom stereocenters. The Labute approximate surface area is 116 Å². The maximum Gasteiger partial charge on any atom is 0.172 e. The van der Waals surface area contributed by atoms with E-state index in [1.54, 1.807) is 0 Å². The Bertz CT molecular complexity index is 283. The lowest BCUT2D eigenvalue weighted by molar-refractivity contribution is 0.0882. The largest absolute Gasteiger partial charge is 0.415 e. The zero-order chi connectivity index (χ0) is 14.2. The summed E-state index contributed by atoms with van der Waals surface area (Å²) in [5.41, 5.74) is 5.78. The summed E-state index contributed by atoms with van der Waals surface area (Å²) in [6.07, 6.45) is 3.58. The van der Waals surface area contributed by atoms with Crippen molar-refractivity contribution in [3.63, 3.8) is 0 Å². The Balaban J connectivity index is 2.89. The topological polar surface area (TPSA) is 35.2 Å². The second kappa shape index (κ2) is 5.16. The number of hydrogen-bond donors (Lipinski definition) is 1. The second-order valence-electron chi connectivity index (χ2n) is 7.99. The van der Waals surface area contributed by atoms with Crippen LogP contribution in [-0.2, 0) is 4.43 Å². The molecule has 0 aromatic heterocycles. The molecule has 18 heavy (non-hydrogen) atoms. The van der Waals surface area contributed by atoms with Crippen molar-refractivity contribution in [1.29, 1.82) is 0 Å². The fourth-order valence-electron chi connectivity index (χ4n) is 3.53. The van der Waals surface area contributed by atoms with Crippen molar-refractivity contribution in [2.45, 2.75) is 77.1 Å². The normalized spacial score (nSPS) is 33.3. The number of unbranched alkanes of at least 4 members (excludes halogenated alkanes) is 1. The Morgan fingerprint density at radius 1 is 1.06 bits per heavy atom. The molecule has 1 aliphatic heterocycles. The average Bonchev–Trinajstić information content (AvgIpc) is 2.13. The maximum atomic E-state index is 6.75. The number of hydrogen-bond acceptors (Lipinski definition) is 2. The molecule has 0 aromatic rings. The molecule has 0 aromatic carbocycles. The van der Waals surface area contributed by atoms with Crippen LogP contribution in [-0.4, -0.2) is 34.7 Å². The zero-order valence-corrected chi connectivity index (χ0v) is 16.5. The summed E-state index contributed by atoms with van der Waals surface area (Å²) in [4.78, 5) is 0. The molecule has 0 aliphatic carbocycles. The molecule has 1 atom stereocenters. The predicted molar refractivity (Wildman–Crippen MR) is 89.6 cm³/mol. The van der Waals surface area contributed by atoms with E-state index in [0.717, 1.165) is 13.0 Å². The smallest absolute Gasteiger partial charge is 0.172 e. The summed E-state index contributed by atoms with van der Waals surface area (Å²) in [6.45, 7) is 18.6. The first-order chi connectivity index (χ1) is 7.97. The Morgan fingerprint density at radius 2 is 1.61 bits per heavy atom. The minimum atomic E-state index is -1.48. The predicted octanol–water partition coefficient (Wildman–Crippen LogP) is 3.68. The van der Waals surface area contributed by atoms with Crippen molar-refractivity contribution in [1.82, 2.24) is 0 Å². The van der Waals surface area contributed by atoms with Crippen LogP contribution in [0.5, 0.6) is 0 Å². The summed E-state index contributed by atoms with van der Waals surface area (Å²) < 4.78 is 6.75. The molecule has 1 rings (SSSR count). The molecule has 1 aliphatic rings. The van der Waals surface area contributed by atoms with E-state index in [0.29, 0.717) is 0 Å². The Kier molecular flexibility index (Phi) is 4.77. The van der Waals surface area contributed by atoms with Crippen LogP contribution >= 0.6 is 0 Å². The minimum absolute atomic E-state index is 0.156. The SMILES string of the molecule is CC1(CCCCN)C[Si](C)(C)[Si](C)(C)[Si](C)(C)O1. The van der Waals surface area contributed by atoms with Gasteiger partial charge in [-0.1, -0.05) is 26.2 Å². The highest BCUT2D eigenvalue weighted by molar-refractivity contribution is 7.67. The van der Waals surface area contributed by atoms with Crippen LogP contribution in [0.4, 0.5) is 0 Å². The second-order valence-corrected chi connectivity index (χ2v) is 35.3. The number of nitrogens with two attached hydrogens (primary N) is 1. The monoisotopic (exact) mass is 303 g/mol. The third-order valence-corrected chi connectivity index (χ3v) is 46.2. The first-order valence-electron chi connectivity index (χ1n) is 7.38. The fraction of sp³-hybridized carbons (Fsp3) is 1.00. The van der Waals surface area contributed by atoms with Crippen LogP contribution in [0, 0.1) is 0 Å². The lowest BCUT2D eigenvalue weighted by Crippen LogP contribution is -2.78. The van der Waals surface area contributed by atoms with Crippen molar-refractivity contribution in [3.8, 4) is 0 Å². The molecule has 2 nitrogen and oxygen atoms in total. The van der Waals surface area contributed by atoms with E-state index in [4.69, 9.17) is 10.2 Å². The molecular weight excluding hydrogens is 270 g/mol. The van der Waals surface area contributed by atoms with Gasteiger partial charge in [0.25, 0.3) is 0 Å². The molecular formula is C13H33NOSi3. The number of rotatable bonds is 4. The third-order valence-electron chi connectivity index (χ3n) is 5.67. The molecule has 0 bridgehead atoms. The van der Waals surface area contributed by atoms with E-state index in [2.05, 4.69) is 46.2 Å². The van der Waals surface area contributed by atoms with Gasteiger partial charge in [-0.15, -0.1) is 0 Å². The zero-order valence-electron chi connectivity index (χ0n) is 13.5. The summed E-state index contributed by atoms with van der Waals surface area (Å²) in [5, 5.41) is 0. The van der Waals surface area contributed by atoms with Crippen molar-refractivity contribution >= 4 is 22.5 Å². The van der Waals surface area contributed by atoms with Gasteiger partial charge in [-0.25, -0.2) is 0 Å². The lowest BCUT2D eigenvalue weighted by Gasteiger charge is -2.58. The molecule has 0 amide bonds. The van der Waals surface area contributed by atoms with Crippen LogP contribution < -0.4 is 5.73 Å². The summed E-state index contributed by atoms with van der Waals surface area (Å²) in [7, 11) is -3.74. The Morgan fingerprint density at radius 3 is 2.06 bits per heavy atom. The van der Waals surface area contributed by atoms with Gasteiger partial charge in [0, 0.05) is 7.59 Å². The van der Waals surface area contributed by atoms with Crippen LogP contribution in [0.3, 0.4) is 0 Å². The van der Waals surface area contributed by atoms with E-state index in [-0.39, 0.29) is 5.60 Å². The van der Waals surface area contributed by atoms with Gasteiger partial charge in [0.2, 0.25) is 0 Å². The van der Waals surface area contributed by atoms with Gasteiger partial charge in [0.05, 0.1) is 12.7 Å². The van der Waals surface area contributed by atoms with E-state index in [9.17, 15) is 0 Å². The molecule has 5 heteroatoms. The van der Waals surface area contributed by atoms with Gasteiger partial charge >= 0.3 is 0 Å². The van der Waals surface area contributed by atoms with Crippen LogP contribution in [0.2, 0.25) is 45.3 Å². The summed E-state index contributed by atoms with van der Waals surface area (Å²) >= 11 is 0. The third kappa shape index (κ3) is 3.00. The van der Waals surface area contributed by atoms with Crippen LogP contribution in [0.1, 0.15) is 26.2 Å². The van der Waals surface area contributed by atoms with Gasteiger partial charge in [-0.2, -0.15) is 0 Å². The first-order valence-corrected chi connectivity index (χ1v) is 18.5. The summed E-state index contributed by atoms with van der Waals surface area (Å²) in [5.74, 6) is 0. The highest BCUT2D eigenvalue weighted by Gasteiger charge is 2.61. The van der Waals surface area contributed by atoms with Gasteiger partial charge in [-0.05, 0) is 51.9 Å². The molecule has 0 spiro atoms. The standard InChI is InChI=1S/C13H33NOSi3/c1-13(10-8-9-11-14)12-16(2,3)18(6,7)17(4,5)15-13/h8-12,14H2,1-7H3. The van der Waals surface area contributed by atoms with E-state index >= 15 is 0 Å². The van der Waals surface area contributed by atoms with E-state index < -0.39 is 22.5 Å². The van der Waals surface area contributed by atoms with Crippen LogP contribution in [0.15, 0.2) is 0 Å². The van der Waals surface area contributed by atoms with Gasteiger partial charge < -0.3 is 10.2 Å². The van der Waals surface area contributed by atoms with Gasteiger partial charge in [0.15, 0.2) is 7.83 Å². The average molecular weight is 304 g/mol. The minimum Gasteiger partial charge on any atom is -0.415 e. The van der Waals surface area contributed by atoms with E-state index in [1.165, 1.54) is 18.9 Å². The highest BCUT2D eigenvalue weighted by Crippen LogP contribution is 2.45. The van der Waals surface area contributed by atoms with Gasteiger partial charge in [-0.3, -0.25) is 0 Å². The summed E-state index contributed by atoms with van der Waals surface area (Å²) in [6, 6.07) is 1.36. The maximum absolute atomic E-state index is 6.75. The molecule has 108 valence electrons. The first kappa shape index (κ1) is 16.6. The van der Waals surface area contributed by atoms with Gasteiger partial charge in [0.1, 0.15) is 0 Å². The molecule has 0 saturated carbocycles. The van der Waals surface area contributed by atoms with Crippen molar-refractivity contribution in [3.05, 3.63) is 0 Å². The lowest BCUT2D eigenvalue weighted by atomic mass is 10.0. The molecule has 2 N–H and O–H groups in total. The Hall–Kier alpha value is 0.571. The van der Waals surface area contributed by atoms with Crippen molar-refractivity contribution in [2.24, 2.45) is 5.73 Å². The highest BCUT2D eigenvalue weighted by atomic mass is 29.6. The van der Waals surface area contributed by atoms with E-state index in [1.807, 2.05) is 0 Å². The van der Waals surface area contributed by atoms with Crippen molar-refractivity contribution in [2.75, 3.05) is 6.54 Å². The molecule has 0 radical (unpaired) electrons. The molecule has 1 heterocycles.